The first-order chi connectivity index (χ1) is 13.3. The number of aromatic carboxylic acids is 1. The number of aromatic nitrogens is 2. The summed E-state index contributed by atoms with van der Waals surface area (Å²) in [7, 11) is -4.02. The number of hydrogen-bond donors (Lipinski definition) is 1. The number of benzene rings is 2. The highest BCUT2D eigenvalue weighted by molar-refractivity contribution is 7.90. The van der Waals surface area contributed by atoms with Gasteiger partial charge in [-0.3, -0.25) is 9.59 Å². The molecule has 28 heavy (non-hydrogen) atoms. The molecule has 0 saturated carbocycles. The van der Waals surface area contributed by atoms with Crippen molar-refractivity contribution >= 4 is 32.7 Å². The average molecular weight is 399 g/mol. The average Bonchev–Trinajstić information content (AvgIpc) is 2.88. The number of nitrogens with zero attached hydrogens (tertiary/aromatic N) is 3. The molecule has 1 aliphatic heterocycles. The van der Waals surface area contributed by atoms with Crippen LogP contribution in [0.15, 0.2) is 58.2 Å². The van der Waals surface area contributed by atoms with Crippen molar-refractivity contribution in [3.63, 3.8) is 0 Å². The van der Waals surface area contributed by atoms with E-state index in [1.54, 1.807) is 18.2 Å². The monoisotopic (exact) mass is 399 g/mol. The number of hydrogen-bond acceptors (Lipinski definition) is 6. The van der Waals surface area contributed by atoms with E-state index in [9.17, 15) is 27.9 Å². The minimum atomic E-state index is -4.02. The van der Waals surface area contributed by atoms with Crippen LogP contribution in [0.2, 0.25) is 0 Å². The van der Waals surface area contributed by atoms with Crippen molar-refractivity contribution in [3.8, 4) is 0 Å². The van der Waals surface area contributed by atoms with Crippen LogP contribution in [0.1, 0.15) is 20.8 Å². The number of rotatable bonds is 4. The molecular weight excluding hydrogens is 386 g/mol. The lowest BCUT2D eigenvalue weighted by Crippen LogP contribution is -2.36. The summed E-state index contributed by atoms with van der Waals surface area (Å²) in [5.41, 5.74) is -0.830. The van der Waals surface area contributed by atoms with Gasteiger partial charge in [0.25, 0.3) is 21.5 Å². The predicted octanol–water partition coefficient (Wildman–Crippen LogP) is 0.939. The maximum atomic E-state index is 12.6. The van der Waals surface area contributed by atoms with E-state index in [4.69, 9.17) is 0 Å². The van der Waals surface area contributed by atoms with Crippen molar-refractivity contribution < 1.29 is 23.1 Å². The summed E-state index contributed by atoms with van der Waals surface area (Å²) < 4.78 is 26.7. The van der Waals surface area contributed by atoms with Crippen LogP contribution in [0.5, 0.6) is 0 Å². The number of fused-ring (bicyclic) bond motifs is 2. The number of carboxylic acid groups (broad SMARTS) is 1. The van der Waals surface area contributed by atoms with E-state index in [2.05, 4.69) is 5.10 Å². The Morgan fingerprint density at radius 2 is 1.61 bits per heavy atom. The van der Waals surface area contributed by atoms with Gasteiger partial charge in [-0.2, -0.15) is 5.10 Å². The van der Waals surface area contributed by atoms with E-state index >= 15 is 0 Å². The smallest absolute Gasteiger partial charge is 0.357 e. The molecule has 1 amide bonds. The van der Waals surface area contributed by atoms with Crippen molar-refractivity contribution in [2.45, 2.75) is 11.4 Å². The highest BCUT2D eigenvalue weighted by atomic mass is 32.2. The van der Waals surface area contributed by atoms with E-state index in [0.717, 1.165) is 4.68 Å². The highest BCUT2D eigenvalue weighted by Crippen LogP contribution is 2.29. The zero-order valence-electron chi connectivity index (χ0n) is 14.3. The molecule has 0 unspecified atom stereocenters. The minimum absolute atomic E-state index is 0.0625. The third-order valence-electron chi connectivity index (χ3n) is 4.50. The largest absolute Gasteiger partial charge is 0.476 e. The molecule has 0 saturated heterocycles. The molecule has 3 aromatic rings. The molecule has 0 aliphatic carbocycles. The van der Waals surface area contributed by atoms with Crippen LogP contribution >= 0.6 is 0 Å². The van der Waals surface area contributed by atoms with E-state index in [-0.39, 0.29) is 40.0 Å². The first kappa shape index (κ1) is 17.9. The standard InChI is InChI=1S/C18H13N3O6S/c22-16-12-6-2-1-5-11(12)15(18(24)25)19-20(16)9-10-21-17(23)13-7-3-4-8-14(13)28(21,26)27/h1-8H,9-10H2,(H,24,25). The first-order valence-corrected chi connectivity index (χ1v) is 9.65. The van der Waals surface area contributed by atoms with Gasteiger partial charge in [-0.25, -0.2) is 22.2 Å². The van der Waals surface area contributed by atoms with Crippen LogP contribution < -0.4 is 5.56 Å². The van der Waals surface area contributed by atoms with E-state index in [0.29, 0.717) is 4.31 Å². The molecule has 4 rings (SSSR count). The molecule has 0 fully saturated rings. The van der Waals surface area contributed by atoms with Crippen molar-refractivity contribution in [1.29, 1.82) is 0 Å². The molecule has 1 aliphatic rings. The van der Waals surface area contributed by atoms with E-state index in [1.165, 1.54) is 30.3 Å². The molecular formula is C18H13N3O6S. The zero-order chi connectivity index (χ0) is 20.1. The van der Waals surface area contributed by atoms with Crippen molar-refractivity contribution in [1.82, 2.24) is 14.1 Å². The molecule has 2 aromatic carbocycles. The van der Waals surface area contributed by atoms with Crippen LogP contribution in [-0.2, 0) is 16.6 Å². The third-order valence-corrected chi connectivity index (χ3v) is 6.34. The lowest BCUT2D eigenvalue weighted by Gasteiger charge is -2.16. The number of carbonyl (C=O) groups excluding carboxylic acids is 1. The van der Waals surface area contributed by atoms with Crippen LogP contribution in [0, 0.1) is 0 Å². The van der Waals surface area contributed by atoms with Crippen LogP contribution in [-0.4, -0.2) is 46.0 Å². The van der Waals surface area contributed by atoms with Gasteiger partial charge in [-0.15, -0.1) is 0 Å². The van der Waals surface area contributed by atoms with Gasteiger partial charge in [0.1, 0.15) is 4.90 Å². The van der Waals surface area contributed by atoms with Gasteiger partial charge in [0.2, 0.25) is 0 Å². The SMILES string of the molecule is O=C(O)c1nn(CCN2C(=O)c3ccccc3S2(=O)=O)c(=O)c2ccccc12. The zero-order valence-corrected chi connectivity index (χ0v) is 15.1. The Kier molecular flexibility index (Phi) is 4.00. The number of amides is 1. The van der Waals surface area contributed by atoms with Gasteiger partial charge in [0, 0.05) is 5.39 Å². The fourth-order valence-corrected chi connectivity index (χ4v) is 4.74. The van der Waals surface area contributed by atoms with Crippen molar-refractivity contribution in [2.24, 2.45) is 0 Å². The second kappa shape index (κ2) is 6.27. The summed E-state index contributed by atoms with van der Waals surface area (Å²) in [5, 5.41) is 13.6. The Morgan fingerprint density at radius 3 is 2.29 bits per heavy atom. The molecule has 0 atom stereocenters. The van der Waals surface area contributed by atoms with Gasteiger partial charge in [-0.05, 0) is 18.2 Å². The van der Waals surface area contributed by atoms with Gasteiger partial charge in [-0.1, -0.05) is 30.3 Å². The Hall–Kier alpha value is -3.53. The van der Waals surface area contributed by atoms with Crippen molar-refractivity contribution in [2.75, 3.05) is 6.54 Å². The molecule has 0 radical (unpaired) electrons. The van der Waals surface area contributed by atoms with E-state index in [1.807, 2.05) is 0 Å². The predicted molar refractivity (Wildman–Crippen MR) is 97.6 cm³/mol. The summed E-state index contributed by atoms with van der Waals surface area (Å²) in [5.74, 6) is -2.01. The van der Waals surface area contributed by atoms with Gasteiger partial charge < -0.3 is 5.11 Å². The van der Waals surface area contributed by atoms with Gasteiger partial charge in [0.05, 0.1) is 24.0 Å². The number of carboxylic acids is 1. The summed E-state index contributed by atoms with van der Waals surface area (Å²) in [6.07, 6.45) is 0. The number of sulfonamides is 1. The van der Waals surface area contributed by atoms with Gasteiger partial charge in [0.15, 0.2) is 5.69 Å². The third kappa shape index (κ3) is 2.57. The highest BCUT2D eigenvalue weighted by Gasteiger charge is 2.40. The normalized spacial score (nSPS) is 15.0. The molecule has 1 aromatic heterocycles. The number of carbonyl (C=O) groups is 2. The minimum Gasteiger partial charge on any atom is -0.476 e. The lowest BCUT2D eigenvalue weighted by atomic mass is 10.1. The second-order valence-electron chi connectivity index (χ2n) is 6.11. The molecule has 0 spiro atoms. The van der Waals surface area contributed by atoms with E-state index < -0.39 is 27.5 Å². The molecule has 1 N–H and O–H groups in total. The van der Waals surface area contributed by atoms with Crippen LogP contribution in [0.25, 0.3) is 10.8 Å². The fraction of sp³-hybridized carbons (Fsp3) is 0.111. The van der Waals surface area contributed by atoms with Crippen LogP contribution in [0.4, 0.5) is 0 Å². The maximum Gasteiger partial charge on any atom is 0.357 e. The Labute approximate surface area is 158 Å². The summed E-state index contributed by atoms with van der Waals surface area (Å²) in [6.45, 7) is -0.622. The van der Waals surface area contributed by atoms with Crippen molar-refractivity contribution in [3.05, 3.63) is 70.1 Å². The summed E-state index contributed by atoms with van der Waals surface area (Å²) in [6, 6.07) is 12.0. The molecule has 2 heterocycles. The van der Waals surface area contributed by atoms with Crippen LogP contribution in [0.3, 0.4) is 0 Å². The first-order valence-electron chi connectivity index (χ1n) is 8.21. The molecule has 0 bridgehead atoms. The van der Waals surface area contributed by atoms with Gasteiger partial charge >= 0.3 is 5.97 Å². The molecule has 10 heteroatoms. The molecule has 142 valence electrons. The fourth-order valence-electron chi connectivity index (χ4n) is 3.18. The maximum absolute atomic E-state index is 12.6. The molecule has 9 nitrogen and oxygen atoms in total. The summed E-state index contributed by atoms with van der Waals surface area (Å²) >= 11 is 0. The second-order valence-corrected chi connectivity index (χ2v) is 7.94. The quantitative estimate of drug-likeness (QED) is 0.692. The lowest BCUT2D eigenvalue weighted by molar-refractivity contribution is 0.0688. The summed E-state index contributed by atoms with van der Waals surface area (Å²) in [4.78, 5) is 36.5. The topological polar surface area (TPSA) is 127 Å². The Balaban J connectivity index is 1.73. The Bertz CT molecular complexity index is 1310. The Morgan fingerprint density at radius 1 is 0.964 bits per heavy atom.